The van der Waals surface area contributed by atoms with E-state index in [0.717, 1.165) is 6.07 Å². The van der Waals surface area contributed by atoms with Crippen LogP contribution >= 0.6 is 0 Å². The van der Waals surface area contributed by atoms with E-state index < -0.39 is 54.0 Å². The molecule has 31 heavy (non-hydrogen) atoms. The topological polar surface area (TPSA) is 184 Å². The lowest BCUT2D eigenvalue weighted by atomic mass is 9.99. The van der Waals surface area contributed by atoms with Gasteiger partial charge in [0.25, 0.3) is 5.69 Å². The lowest BCUT2D eigenvalue weighted by molar-refractivity contribution is -0.386. The summed E-state index contributed by atoms with van der Waals surface area (Å²) < 4.78 is 15.6. The van der Waals surface area contributed by atoms with Gasteiger partial charge in [0.1, 0.15) is 36.8 Å². The minimum absolute atomic E-state index is 0.0739. The van der Waals surface area contributed by atoms with Crippen molar-refractivity contribution >= 4 is 11.8 Å². The van der Waals surface area contributed by atoms with Crippen molar-refractivity contribution in [3.63, 3.8) is 0 Å². The van der Waals surface area contributed by atoms with E-state index >= 15 is 0 Å². The van der Waals surface area contributed by atoms with Crippen molar-refractivity contribution in [2.24, 2.45) is 0 Å². The number of carbonyl (C=O) groups excluding carboxylic acids is 1. The van der Waals surface area contributed by atoms with Crippen molar-refractivity contribution in [2.75, 3.05) is 33.8 Å². The number of nitrogens with zero attached hydrogens (tertiary/aromatic N) is 2. The number of alkyl carbamates (subject to hydrolysis) is 1. The third-order valence-electron chi connectivity index (χ3n) is 4.54. The van der Waals surface area contributed by atoms with Crippen LogP contribution in [-0.2, 0) is 16.1 Å². The first-order chi connectivity index (χ1) is 14.6. The average Bonchev–Trinajstić information content (AvgIpc) is 2.72. The van der Waals surface area contributed by atoms with E-state index in [-0.39, 0.29) is 17.9 Å². The van der Waals surface area contributed by atoms with Crippen LogP contribution in [0.3, 0.4) is 0 Å². The second kappa shape index (κ2) is 11.2. The number of hydrogen-bond acceptors (Lipinski definition) is 11. The Morgan fingerprint density at radius 1 is 1.26 bits per heavy atom. The third kappa shape index (κ3) is 6.72. The molecule has 13 nitrogen and oxygen atoms in total. The summed E-state index contributed by atoms with van der Waals surface area (Å²) >= 11 is 0. The number of aliphatic hydroxyl groups is 4. The molecular weight excluding hydrogens is 418 g/mol. The van der Waals surface area contributed by atoms with Crippen LogP contribution in [-0.4, -0.2) is 101 Å². The van der Waals surface area contributed by atoms with Gasteiger partial charge in [0.2, 0.25) is 6.29 Å². The number of hydrogen-bond donors (Lipinski definition) is 5. The number of benzene rings is 1. The van der Waals surface area contributed by atoms with Crippen LogP contribution in [0.25, 0.3) is 0 Å². The largest absolute Gasteiger partial charge is 0.462 e. The van der Waals surface area contributed by atoms with Gasteiger partial charge in [0, 0.05) is 13.1 Å². The van der Waals surface area contributed by atoms with Gasteiger partial charge >= 0.3 is 6.09 Å². The molecule has 1 aromatic carbocycles. The van der Waals surface area contributed by atoms with Crippen LogP contribution in [0, 0.1) is 10.1 Å². The number of ether oxygens (including phenoxy) is 3. The highest BCUT2D eigenvalue weighted by molar-refractivity contribution is 5.67. The first-order valence-corrected chi connectivity index (χ1v) is 9.44. The van der Waals surface area contributed by atoms with E-state index in [1.165, 1.54) is 12.1 Å². The Balaban J connectivity index is 2.04. The maximum absolute atomic E-state index is 11.7. The van der Waals surface area contributed by atoms with Crippen molar-refractivity contribution in [1.82, 2.24) is 10.2 Å². The maximum Gasteiger partial charge on any atom is 0.407 e. The van der Waals surface area contributed by atoms with Gasteiger partial charge < -0.3 is 44.9 Å². The van der Waals surface area contributed by atoms with Crippen LogP contribution in [0.15, 0.2) is 18.2 Å². The molecule has 2 rings (SSSR count). The van der Waals surface area contributed by atoms with Gasteiger partial charge in [-0.3, -0.25) is 10.1 Å². The Morgan fingerprint density at radius 2 is 1.97 bits per heavy atom. The summed E-state index contributed by atoms with van der Waals surface area (Å²) in [5.41, 5.74) is -0.294. The fourth-order valence-electron chi connectivity index (χ4n) is 2.78. The Hall–Kier alpha value is -2.55. The molecule has 174 valence electrons. The summed E-state index contributed by atoms with van der Waals surface area (Å²) in [7, 11) is 3.67. The van der Waals surface area contributed by atoms with Gasteiger partial charge in [-0.1, -0.05) is 0 Å². The molecule has 1 aromatic rings. The van der Waals surface area contributed by atoms with Gasteiger partial charge in [-0.25, -0.2) is 4.79 Å². The molecule has 1 aliphatic rings. The first kappa shape index (κ1) is 24.7. The highest BCUT2D eigenvalue weighted by atomic mass is 16.7. The van der Waals surface area contributed by atoms with E-state index in [4.69, 9.17) is 14.2 Å². The second-order valence-electron chi connectivity index (χ2n) is 7.17. The number of aliphatic hydroxyl groups excluding tert-OH is 4. The first-order valence-electron chi connectivity index (χ1n) is 9.44. The van der Waals surface area contributed by atoms with Crippen LogP contribution < -0.4 is 10.1 Å². The van der Waals surface area contributed by atoms with Crippen molar-refractivity contribution in [2.45, 2.75) is 37.3 Å². The molecular formula is C18H27N3O10. The predicted octanol–water partition coefficient (Wildman–Crippen LogP) is -1.44. The smallest absolute Gasteiger partial charge is 0.407 e. The summed E-state index contributed by atoms with van der Waals surface area (Å²) in [6, 6.07) is 3.69. The number of carbonyl (C=O) groups is 1. The molecule has 0 aromatic heterocycles. The fourth-order valence-corrected chi connectivity index (χ4v) is 2.78. The number of rotatable bonds is 9. The van der Waals surface area contributed by atoms with Crippen LogP contribution in [0.2, 0.25) is 0 Å². The number of amides is 1. The Kier molecular flexibility index (Phi) is 8.91. The highest BCUT2D eigenvalue weighted by Crippen LogP contribution is 2.29. The Bertz CT molecular complexity index is 760. The normalized spacial score (nSPS) is 25.8. The molecule has 0 saturated carbocycles. The number of likely N-dealkylation sites (N-methyl/N-ethyl adjacent to an activating group) is 1. The lowest BCUT2D eigenvalue weighted by Gasteiger charge is -2.39. The Labute approximate surface area is 177 Å². The standard InChI is InChI=1S/C18H27N3O10/c1-20(2)6-5-19-18(26)29-9-10-3-4-11(7-12(10)21(27)28)30-17-16(25)15(24)14(23)13(8-22)31-17/h3-4,7,13-17,22-25H,5-6,8-9H2,1-2H3,(H,19,26). The van der Waals surface area contributed by atoms with Crippen molar-refractivity contribution < 1.29 is 44.4 Å². The molecule has 0 bridgehead atoms. The van der Waals surface area contributed by atoms with E-state index in [1.807, 2.05) is 19.0 Å². The number of nitro groups is 1. The predicted molar refractivity (Wildman–Crippen MR) is 104 cm³/mol. The molecule has 0 aliphatic carbocycles. The van der Waals surface area contributed by atoms with Crippen LogP contribution in [0.1, 0.15) is 5.56 Å². The number of nitro benzene ring substituents is 1. The molecule has 13 heteroatoms. The molecule has 1 saturated heterocycles. The van der Waals surface area contributed by atoms with Gasteiger partial charge in [0.05, 0.1) is 23.2 Å². The van der Waals surface area contributed by atoms with E-state index in [0.29, 0.717) is 13.1 Å². The van der Waals surface area contributed by atoms with Crippen molar-refractivity contribution in [3.8, 4) is 5.75 Å². The number of nitrogens with one attached hydrogen (secondary N) is 1. The highest BCUT2D eigenvalue weighted by Gasteiger charge is 2.44. The summed E-state index contributed by atoms with van der Waals surface area (Å²) in [5, 5.41) is 52.8. The monoisotopic (exact) mass is 445 g/mol. The van der Waals surface area contributed by atoms with E-state index in [9.17, 15) is 35.3 Å². The van der Waals surface area contributed by atoms with Gasteiger partial charge in [0.15, 0.2) is 0 Å². The lowest BCUT2D eigenvalue weighted by Crippen LogP contribution is -2.60. The Morgan fingerprint density at radius 3 is 2.58 bits per heavy atom. The van der Waals surface area contributed by atoms with Gasteiger partial charge in [-0.15, -0.1) is 0 Å². The summed E-state index contributed by atoms with van der Waals surface area (Å²) in [6.45, 7) is -0.0543. The zero-order valence-electron chi connectivity index (χ0n) is 17.1. The summed E-state index contributed by atoms with van der Waals surface area (Å²) in [5.74, 6) is -0.0739. The minimum Gasteiger partial charge on any atom is -0.462 e. The zero-order chi connectivity index (χ0) is 23.1. The van der Waals surface area contributed by atoms with Crippen LogP contribution in [0.5, 0.6) is 5.75 Å². The maximum atomic E-state index is 11.7. The van der Waals surface area contributed by atoms with Gasteiger partial charge in [-0.05, 0) is 26.2 Å². The molecule has 1 amide bonds. The third-order valence-corrected chi connectivity index (χ3v) is 4.54. The second-order valence-corrected chi connectivity index (χ2v) is 7.17. The molecule has 0 radical (unpaired) electrons. The molecule has 1 aliphatic heterocycles. The molecule has 5 N–H and O–H groups in total. The summed E-state index contributed by atoms with van der Waals surface area (Å²) in [4.78, 5) is 24.3. The zero-order valence-corrected chi connectivity index (χ0v) is 17.1. The van der Waals surface area contributed by atoms with Gasteiger partial charge in [-0.2, -0.15) is 0 Å². The van der Waals surface area contributed by atoms with Crippen molar-refractivity contribution in [1.29, 1.82) is 0 Å². The molecule has 5 unspecified atom stereocenters. The molecule has 0 spiro atoms. The molecule has 1 heterocycles. The van der Waals surface area contributed by atoms with E-state index in [2.05, 4.69) is 5.32 Å². The minimum atomic E-state index is -1.66. The van der Waals surface area contributed by atoms with E-state index in [1.54, 1.807) is 0 Å². The quantitative estimate of drug-likeness (QED) is 0.221. The van der Waals surface area contributed by atoms with Crippen LogP contribution in [0.4, 0.5) is 10.5 Å². The fraction of sp³-hybridized carbons (Fsp3) is 0.611. The average molecular weight is 445 g/mol. The van der Waals surface area contributed by atoms with Crippen molar-refractivity contribution in [3.05, 3.63) is 33.9 Å². The molecule has 5 atom stereocenters. The molecule has 1 fully saturated rings. The SMILES string of the molecule is CN(C)CCNC(=O)OCc1ccc(OC2OC(CO)C(O)C(O)C2O)cc1[N+](=O)[O-]. The summed E-state index contributed by atoms with van der Waals surface area (Å²) in [6.07, 6.45) is -8.26.